The molecule has 3 aromatic carbocycles. The third-order valence-corrected chi connectivity index (χ3v) is 4.70. The number of benzene rings is 3. The maximum atomic E-state index is 12.5. The van der Waals surface area contributed by atoms with Gasteiger partial charge in [-0.3, -0.25) is 10.1 Å². The molecule has 4 rings (SSSR count). The van der Waals surface area contributed by atoms with Crippen molar-refractivity contribution >= 4 is 22.7 Å². The Labute approximate surface area is 163 Å². The van der Waals surface area contributed by atoms with E-state index in [1.54, 1.807) is 6.07 Å². The molecule has 0 aliphatic heterocycles. The fourth-order valence-electron chi connectivity index (χ4n) is 3.07. The molecule has 0 atom stereocenters. The van der Waals surface area contributed by atoms with Gasteiger partial charge in [0.2, 0.25) is 5.89 Å². The van der Waals surface area contributed by atoms with Crippen LogP contribution in [0.2, 0.25) is 0 Å². The van der Waals surface area contributed by atoms with E-state index < -0.39 is 0 Å². The van der Waals surface area contributed by atoms with E-state index in [1.165, 1.54) is 5.56 Å². The second-order valence-corrected chi connectivity index (χ2v) is 7.09. The Morgan fingerprint density at radius 2 is 1.71 bits per heavy atom. The molecule has 0 aliphatic rings. The Kier molecular flexibility index (Phi) is 4.89. The fraction of sp³-hybridized carbons (Fsp3) is 0.174. The summed E-state index contributed by atoms with van der Waals surface area (Å²) in [6.45, 7) is 4.33. The summed E-state index contributed by atoms with van der Waals surface area (Å²) in [6.07, 6.45) is 0.525. The van der Waals surface area contributed by atoms with E-state index in [0.29, 0.717) is 23.8 Å². The molecule has 5 heteroatoms. The maximum Gasteiger partial charge on any atom is 0.322 e. The van der Waals surface area contributed by atoms with Gasteiger partial charge < -0.3 is 4.42 Å². The van der Waals surface area contributed by atoms with Gasteiger partial charge in [-0.15, -0.1) is 5.10 Å². The minimum atomic E-state index is -0.276. The Bertz CT molecular complexity index is 1110. The van der Waals surface area contributed by atoms with Gasteiger partial charge in [-0.05, 0) is 39.9 Å². The molecule has 0 bridgehead atoms. The van der Waals surface area contributed by atoms with Crippen molar-refractivity contribution in [2.45, 2.75) is 26.2 Å². The number of hydrogen-bond donors (Lipinski definition) is 1. The highest BCUT2D eigenvalue weighted by Crippen LogP contribution is 2.19. The van der Waals surface area contributed by atoms with Crippen molar-refractivity contribution in [1.29, 1.82) is 0 Å². The van der Waals surface area contributed by atoms with Crippen LogP contribution in [0.1, 0.15) is 47.1 Å². The zero-order valence-corrected chi connectivity index (χ0v) is 15.8. The Balaban J connectivity index is 1.44. The van der Waals surface area contributed by atoms with Crippen molar-refractivity contribution in [2.24, 2.45) is 0 Å². The second-order valence-electron chi connectivity index (χ2n) is 7.09. The molecular weight excluding hydrogens is 350 g/mol. The van der Waals surface area contributed by atoms with Crippen LogP contribution in [-0.2, 0) is 6.42 Å². The average Bonchev–Trinajstić information content (AvgIpc) is 3.14. The van der Waals surface area contributed by atoms with Crippen molar-refractivity contribution in [3.8, 4) is 0 Å². The molecule has 140 valence electrons. The van der Waals surface area contributed by atoms with Crippen LogP contribution in [0, 0.1) is 0 Å². The van der Waals surface area contributed by atoms with Crippen LogP contribution in [0.5, 0.6) is 0 Å². The molecule has 1 amide bonds. The second kappa shape index (κ2) is 7.64. The van der Waals surface area contributed by atoms with E-state index >= 15 is 0 Å². The van der Waals surface area contributed by atoms with E-state index in [0.717, 1.165) is 16.3 Å². The fourth-order valence-corrected chi connectivity index (χ4v) is 3.07. The van der Waals surface area contributed by atoms with Crippen LogP contribution >= 0.6 is 0 Å². The monoisotopic (exact) mass is 371 g/mol. The molecule has 0 unspecified atom stereocenters. The quantitative estimate of drug-likeness (QED) is 0.524. The molecule has 0 saturated heterocycles. The number of carbonyl (C=O) groups is 1. The van der Waals surface area contributed by atoms with Gasteiger partial charge in [-0.25, -0.2) is 0 Å². The first-order valence-electron chi connectivity index (χ1n) is 9.30. The molecule has 4 aromatic rings. The molecule has 28 heavy (non-hydrogen) atoms. The first kappa shape index (κ1) is 17.9. The zero-order chi connectivity index (χ0) is 19.5. The van der Waals surface area contributed by atoms with E-state index in [4.69, 9.17) is 4.42 Å². The molecule has 0 radical (unpaired) electrons. The Hall–Kier alpha value is -3.47. The summed E-state index contributed by atoms with van der Waals surface area (Å²) in [5.41, 5.74) is 2.92. The van der Waals surface area contributed by atoms with Crippen LogP contribution in [0.15, 0.2) is 71.1 Å². The first-order valence-corrected chi connectivity index (χ1v) is 9.30. The number of carbonyl (C=O) groups excluding carboxylic acids is 1. The molecule has 0 aliphatic carbocycles. The van der Waals surface area contributed by atoms with Gasteiger partial charge in [-0.1, -0.05) is 73.5 Å². The number of rotatable bonds is 5. The minimum absolute atomic E-state index is 0.104. The smallest absolute Gasteiger partial charge is 0.322 e. The van der Waals surface area contributed by atoms with Crippen LogP contribution in [-0.4, -0.2) is 16.1 Å². The molecule has 0 spiro atoms. The van der Waals surface area contributed by atoms with Crippen LogP contribution in [0.4, 0.5) is 6.01 Å². The standard InChI is InChI=1S/C23H21N3O2/c1-15(2)17-9-7-16(8-10-17)13-21-25-26-23(28-21)24-22(27)20-12-11-18-5-3-4-6-19(18)14-20/h3-12,14-15H,13H2,1-2H3,(H,24,26,27). The normalized spacial score (nSPS) is 11.1. The van der Waals surface area contributed by atoms with E-state index in [-0.39, 0.29) is 11.9 Å². The van der Waals surface area contributed by atoms with Crippen LogP contribution in [0.25, 0.3) is 10.8 Å². The summed E-state index contributed by atoms with van der Waals surface area (Å²) in [7, 11) is 0. The maximum absolute atomic E-state index is 12.5. The van der Waals surface area contributed by atoms with E-state index in [2.05, 4.69) is 53.6 Å². The van der Waals surface area contributed by atoms with Crippen molar-refractivity contribution in [3.05, 3.63) is 89.3 Å². The summed E-state index contributed by atoms with van der Waals surface area (Å²) in [5.74, 6) is 0.683. The largest absolute Gasteiger partial charge is 0.407 e. The summed E-state index contributed by atoms with van der Waals surface area (Å²) in [5, 5.41) is 12.7. The highest BCUT2D eigenvalue weighted by Gasteiger charge is 2.12. The van der Waals surface area contributed by atoms with Crippen molar-refractivity contribution in [2.75, 3.05) is 5.32 Å². The lowest BCUT2D eigenvalue weighted by Crippen LogP contribution is -2.12. The van der Waals surface area contributed by atoms with Gasteiger partial charge in [0.05, 0.1) is 6.42 Å². The summed E-state index contributed by atoms with van der Waals surface area (Å²) < 4.78 is 5.59. The highest BCUT2D eigenvalue weighted by molar-refractivity contribution is 6.05. The number of nitrogens with zero attached hydrogens (tertiary/aromatic N) is 2. The van der Waals surface area contributed by atoms with Crippen molar-refractivity contribution in [3.63, 3.8) is 0 Å². The Morgan fingerprint density at radius 3 is 2.46 bits per heavy atom. The van der Waals surface area contributed by atoms with Crippen LogP contribution < -0.4 is 5.32 Å². The van der Waals surface area contributed by atoms with Gasteiger partial charge in [0.1, 0.15) is 0 Å². The average molecular weight is 371 g/mol. The highest BCUT2D eigenvalue weighted by atomic mass is 16.4. The number of amides is 1. The predicted octanol–water partition coefficient (Wildman–Crippen LogP) is 5.19. The lowest BCUT2D eigenvalue weighted by atomic mass is 10.0. The topological polar surface area (TPSA) is 68.0 Å². The van der Waals surface area contributed by atoms with E-state index in [9.17, 15) is 4.79 Å². The SMILES string of the molecule is CC(C)c1ccc(Cc2nnc(NC(=O)c3ccc4ccccc4c3)o2)cc1. The lowest BCUT2D eigenvalue weighted by molar-refractivity contribution is 0.102. The molecule has 1 aromatic heterocycles. The van der Waals surface area contributed by atoms with Gasteiger partial charge in [0.15, 0.2) is 0 Å². The van der Waals surface area contributed by atoms with Gasteiger partial charge in [-0.2, -0.15) is 0 Å². The third kappa shape index (κ3) is 3.93. The number of nitrogens with one attached hydrogen (secondary N) is 1. The molecule has 5 nitrogen and oxygen atoms in total. The minimum Gasteiger partial charge on any atom is -0.407 e. The molecule has 1 N–H and O–H groups in total. The number of fused-ring (bicyclic) bond motifs is 1. The van der Waals surface area contributed by atoms with Crippen molar-refractivity contribution < 1.29 is 9.21 Å². The number of anilines is 1. The predicted molar refractivity (Wildman–Crippen MR) is 110 cm³/mol. The van der Waals surface area contributed by atoms with Gasteiger partial charge in [0.25, 0.3) is 5.91 Å². The Morgan fingerprint density at radius 1 is 0.964 bits per heavy atom. The van der Waals surface area contributed by atoms with Gasteiger partial charge >= 0.3 is 6.01 Å². The lowest BCUT2D eigenvalue weighted by Gasteiger charge is -2.05. The number of aromatic nitrogens is 2. The molecular formula is C23H21N3O2. The molecule has 0 saturated carbocycles. The van der Waals surface area contributed by atoms with Crippen LogP contribution in [0.3, 0.4) is 0 Å². The summed E-state index contributed by atoms with van der Waals surface area (Å²) >= 11 is 0. The number of hydrogen-bond acceptors (Lipinski definition) is 4. The summed E-state index contributed by atoms with van der Waals surface area (Å²) in [4.78, 5) is 12.5. The van der Waals surface area contributed by atoms with E-state index in [1.807, 2.05) is 36.4 Å². The summed E-state index contributed by atoms with van der Waals surface area (Å²) in [6, 6.07) is 21.9. The first-order chi connectivity index (χ1) is 13.6. The van der Waals surface area contributed by atoms with Crippen molar-refractivity contribution in [1.82, 2.24) is 10.2 Å². The van der Waals surface area contributed by atoms with Gasteiger partial charge in [0, 0.05) is 5.56 Å². The molecule has 1 heterocycles. The zero-order valence-electron chi connectivity index (χ0n) is 15.8. The molecule has 0 fully saturated rings. The third-order valence-electron chi connectivity index (χ3n) is 4.70.